The van der Waals surface area contributed by atoms with Crippen LogP contribution in [-0.4, -0.2) is 6.61 Å². The molecular weight excluding hydrogens is 258 g/mol. The molecule has 0 atom stereocenters. The van der Waals surface area contributed by atoms with Gasteiger partial charge in [-0.2, -0.15) is 0 Å². The molecule has 3 rings (SSSR count). The van der Waals surface area contributed by atoms with Crippen LogP contribution in [0.4, 0.5) is 5.69 Å². The van der Waals surface area contributed by atoms with Crippen LogP contribution in [0.3, 0.4) is 0 Å². The van der Waals surface area contributed by atoms with Crippen molar-refractivity contribution in [2.75, 3.05) is 12.3 Å². The van der Waals surface area contributed by atoms with E-state index in [0.717, 1.165) is 30.9 Å². The molecule has 2 aromatic rings. The number of ether oxygens (including phenoxy) is 1. The van der Waals surface area contributed by atoms with E-state index >= 15 is 0 Å². The molecule has 21 heavy (non-hydrogen) atoms. The second-order valence-electron chi connectivity index (χ2n) is 5.83. The van der Waals surface area contributed by atoms with Gasteiger partial charge in [-0.05, 0) is 79.5 Å². The van der Waals surface area contributed by atoms with Crippen LogP contribution in [-0.2, 0) is 19.3 Å². The Labute approximate surface area is 126 Å². The van der Waals surface area contributed by atoms with Crippen molar-refractivity contribution in [2.45, 2.75) is 38.5 Å². The zero-order valence-electron chi connectivity index (χ0n) is 12.5. The SMILES string of the molecule is Nc1cccc(CCCOc2ccc3c(c2)CCCC3)c1. The van der Waals surface area contributed by atoms with Crippen LogP contribution in [0.2, 0.25) is 0 Å². The maximum atomic E-state index is 5.89. The first kappa shape index (κ1) is 14.0. The maximum Gasteiger partial charge on any atom is 0.119 e. The molecule has 110 valence electrons. The number of benzene rings is 2. The fourth-order valence-electron chi connectivity index (χ4n) is 3.01. The second kappa shape index (κ2) is 6.66. The maximum absolute atomic E-state index is 5.89. The molecule has 0 saturated carbocycles. The molecule has 1 aliphatic carbocycles. The molecule has 0 radical (unpaired) electrons. The average Bonchev–Trinajstić information content (AvgIpc) is 2.51. The van der Waals surface area contributed by atoms with Crippen LogP contribution >= 0.6 is 0 Å². The van der Waals surface area contributed by atoms with Crippen molar-refractivity contribution in [3.05, 3.63) is 59.2 Å². The molecule has 0 heterocycles. The van der Waals surface area contributed by atoms with Gasteiger partial charge in [0.25, 0.3) is 0 Å². The van der Waals surface area contributed by atoms with Crippen molar-refractivity contribution in [3.8, 4) is 5.75 Å². The Balaban J connectivity index is 1.49. The average molecular weight is 281 g/mol. The van der Waals surface area contributed by atoms with Gasteiger partial charge in [0, 0.05) is 5.69 Å². The molecule has 0 amide bonds. The normalized spacial score (nSPS) is 13.7. The molecule has 2 N–H and O–H groups in total. The number of hydrogen-bond acceptors (Lipinski definition) is 2. The predicted octanol–water partition coefficient (Wildman–Crippen LogP) is 4.16. The highest BCUT2D eigenvalue weighted by Gasteiger charge is 2.09. The summed E-state index contributed by atoms with van der Waals surface area (Å²) in [7, 11) is 0. The largest absolute Gasteiger partial charge is 0.494 e. The van der Waals surface area contributed by atoms with Crippen molar-refractivity contribution in [1.29, 1.82) is 0 Å². The lowest BCUT2D eigenvalue weighted by atomic mass is 9.92. The van der Waals surface area contributed by atoms with Gasteiger partial charge in [0.2, 0.25) is 0 Å². The van der Waals surface area contributed by atoms with E-state index in [-0.39, 0.29) is 0 Å². The van der Waals surface area contributed by atoms with Gasteiger partial charge in [-0.3, -0.25) is 0 Å². The number of nitrogen functional groups attached to an aromatic ring is 1. The Morgan fingerprint density at radius 1 is 0.952 bits per heavy atom. The first-order chi connectivity index (χ1) is 10.3. The van der Waals surface area contributed by atoms with Crippen molar-refractivity contribution in [3.63, 3.8) is 0 Å². The first-order valence-corrected chi connectivity index (χ1v) is 7.90. The van der Waals surface area contributed by atoms with E-state index in [1.165, 1.54) is 42.4 Å². The summed E-state index contributed by atoms with van der Waals surface area (Å²) < 4.78 is 5.89. The topological polar surface area (TPSA) is 35.2 Å². The Bertz CT molecular complexity index is 606. The summed E-state index contributed by atoms with van der Waals surface area (Å²) in [5.41, 5.74) is 10.9. The lowest BCUT2D eigenvalue weighted by Crippen LogP contribution is -2.04. The molecule has 2 nitrogen and oxygen atoms in total. The number of aryl methyl sites for hydroxylation is 3. The van der Waals surface area contributed by atoms with Gasteiger partial charge in [-0.1, -0.05) is 18.2 Å². The molecule has 0 fully saturated rings. The molecule has 1 aliphatic rings. The Kier molecular flexibility index (Phi) is 4.44. The van der Waals surface area contributed by atoms with Crippen LogP contribution < -0.4 is 10.5 Å². The molecule has 0 aromatic heterocycles. The van der Waals surface area contributed by atoms with E-state index in [0.29, 0.717) is 0 Å². The second-order valence-corrected chi connectivity index (χ2v) is 5.83. The van der Waals surface area contributed by atoms with Gasteiger partial charge < -0.3 is 10.5 Å². The quantitative estimate of drug-likeness (QED) is 0.660. The highest BCUT2D eigenvalue weighted by atomic mass is 16.5. The Morgan fingerprint density at radius 2 is 1.81 bits per heavy atom. The van der Waals surface area contributed by atoms with Crippen molar-refractivity contribution < 1.29 is 4.74 Å². The standard InChI is InChI=1S/C19H23NO/c20-18-9-3-5-15(13-18)6-4-12-21-19-11-10-16-7-1-2-8-17(16)14-19/h3,5,9-11,13-14H,1-2,4,6-8,12,20H2. The minimum absolute atomic E-state index is 0.758. The molecule has 0 aliphatic heterocycles. The van der Waals surface area contributed by atoms with Crippen LogP contribution in [0.15, 0.2) is 42.5 Å². The van der Waals surface area contributed by atoms with E-state index in [9.17, 15) is 0 Å². The van der Waals surface area contributed by atoms with Crippen LogP contribution in [0, 0.1) is 0 Å². The molecule has 0 saturated heterocycles. The number of rotatable bonds is 5. The smallest absolute Gasteiger partial charge is 0.119 e. The summed E-state index contributed by atoms with van der Waals surface area (Å²) in [6, 6.07) is 14.7. The van der Waals surface area contributed by atoms with Gasteiger partial charge in [-0.25, -0.2) is 0 Å². The minimum Gasteiger partial charge on any atom is -0.494 e. The first-order valence-electron chi connectivity index (χ1n) is 7.90. The zero-order chi connectivity index (χ0) is 14.5. The van der Waals surface area contributed by atoms with Gasteiger partial charge in [-0.15, -0.1) is 0 Å². The highest BCUT2D eigenvalue weighted by molar-refractivity contribution is 5.40. The van der Waals surface area contributed by atoms with E-state index in [2.05, 4.69) is 24.3 Å². The number of fused-ring (bicyclic) bond motifs is 1. The third kappa shape index (κ3) is 3.78. The highest BCUT2D eigenvalue weighted by Crippen LogP contribution is 2.25. The van der Waals surface area contributed by atoms with E-state index in [1.54, 1.807) is 0 Å². The summed E-state index contributed by atoms with van der Waals surface area (Å²) >= 11 is 0. The van der Waals surface area contributed by atoms with Crippen LogP contribution in [0.1, 0.15) is 36.0 Å². The van der Waals surface area contributed by atoms with Crippen LogP contribution in [0.25, 0.3) is 0 Å². The molecule has 0 bridgehead atoms. The number of hydrogen-bond donors (Lipinski definition) is 1. The molecule has 2 heteroatoms. The third-order valence-electron chi connectivity index (χ3n) is 4.15. The molecule has 0 unspecified atom stereocenters. The fraction of sp³-hybridized carbons (Fsp3) is 0.368. The van der Waals surface area contributed by atoms with Crippen molar-refractivity contribution in [1.82, 2.24) is 0 Å². The summed E-state index contributed by atoms with van der Waals surface area (Å²) in [5.74, 6) is 1.02. The van der Waals surface area contributed by atoms with Crippen molar-refractivity contribution in [2.24, 2.45) is 0 Å². The Hall–Kier alpha value is -1.96. The minimum atomic E-state index is 0.758. The number of anilines is 1. The van der Waals surface area contributed by atoms with Gasteiger partial charge in [0.1, 0.15) is 5.75 Å². The molecule has 0 spiro atoms. The summed E-state index contributed by atoms with van der Waals surface area (Å²) in [6.07, 6.45) is 7.09. The molecular formula is C19H23NO. The van der Waals surface area contributed by atoms with Crippen molar-refractivity contribution >= 4 is 5.69 Å². The third-order valence-corrected chi connectivity index (χ3v) is 4.15. The zero-order valence-corrected chi connectivity index (χ0v) is 12.5. The van der Waals surface area contributed by atoms with Crippen LogP contribution in [0.5, 0.6) is 5.75 Å². The van der Waals surface area contributed by atoms with Gasteiger partial charge in [0.15, 0.2) is 0 Å². The summed E-state index contributed by atoms with van der Waals surface area (Å²) in [4.78, 5) is 0. The lowest BCUT2D eigenvalue weighted by Gasteiger charge is -2.16. The fourth-order valence-corrected chi connectivity index (χ4v) is 3.01. The van der Waals surface area contributed by atoms with E-state index < -0.39 is 0 Å². The van der Waals surface area contributed by atoms with Gasteiger partial charge in [0.05, 0.1) is 6.61 Å². The summed E-state index contributed by atoms with van der Waals surface area (Å²) in [5, 5.41) is 0. The predicted molar refractivity (Wildman–Crippen MR) is 87.8 cm³/mol. The summed E-state index contributed by atoms with van der Waals surface area (Å²) in [6.45, 7) is 0.758. The lowest BCUT2D eigenvalue weighted by molar-refractivity contribution is 0.310. The van der Waals surface area contributed by atoms with E-state index in [1.807, 2.05) is 18.2 Å². The van der Waals surface area contributed by atoms with E-state index in [4.69, 9.17) is 10.5 Å². The number of nitrogens with two attached hydrogens (primary N) is 1. The van der Waals surface area contributed by atoms with Gasteiger partial charge >= 0.3 is 0 Å². The molecule has 2 aromatic carbocycles. The monoisotopic (exact) mass is 281 g/mol. The Morgan fingerprint density at radius 3 is 2.67 bits per heavy atom.